The Hall–Kier alpha value is -3.68. The predicted octanol–water partition coefficient (Wildman–Crippen LogP) is 2.05. The molecule has 0 aliphatic rings. The van der Waals surface area contributed by atoms with Crippen LogP contribution in [-0.4, -0.2) is 28.5 Å². The van der Waals surface area contributed by atoms with Gasteiger partial charge in [-0.3, -0.25) is 19.0 Å². The van der Waals surface area contributed by atoms with Crippen LogP contribution in [0.3, 0.4) is 0 Å². The van der Waals surface area contributed by atoms with Gasteiger partial charge in [-0.2, -0.15) is 0 Å². The minimum Gasteiger partial charge on any atom is -0.469 e. The van der Waals surface area contributed by atoms with Crippen LogP contribution in [0, 0.1) is 6.92 Å². The number of carbonyl (C=O) groups excluding carboxylic acids is 2. The number of esters is 1. The number of aromatic amines is 1. The molecule has 0 aliphatic heterocycles. The average Bonchev–Trinajstić information content (AvgIpc) is 2.73. The molecule has 8 heteroatoms. The third kappa shape index (κ3) is 4.32. The number of hydrogen-bond acceptors (Lipinski definition) is 5. The van der Waals surface area contributed by atoms with Crippen LogP contribution in [-0.2, 0) is 16.1 Å². The minimum absolute atomic E-state index is 0.0308. The molecule has 30 heavy (non-hydrogen) atoms. The molecule has 1 amide bonds. The number of aromatic nitrogens is 2. The van der Waals surface area contributed by atoms with E-state index in [0.717, 1.165) is 15.7 Å². The van der Waals surface area contributed by atoms with Crippen LogP contribution in [0.25, 0.3) is 10.9 Å². The van der Waals surface area contributed by atoms with Gasteiger partial charge in [0.1, 0.15) is 0 Å². The first kappa shape index (κ1) is 21.0. The Morgan fingerprint density at radius 1 is 1.13 bits per heavy atom. The zero-order valence-corrected chi connectivity index (χ0v) is 17.0. The van der Waals surface area contributed by atoms with Crippen LogP contribution in [0.15, 0.2) is 52.1 Å². The van der Waals surface area contributed by atoms with Crippen LogP contribution < -0.4 is 16.6 Å². The highest BCUT2D eigenvalue weighted by Gasteiger charge is 2.20. The quantitative estimate of drug-likeness (QED) is 0.606. The summed E-state index contributed by atoms with van der Waals surface area (Å²) in [4.78, 5) is 51.8. The highest BCUT2D eigenvalue weighted by atomic mass is 16.5. The number of benzene rings is 2. The molecular weight excluding hydrogens is 386 g/mol. The molecule has 1 aromatic heterocycles. The molecule has 1 unspecified atom stereocenters. The number of nitrogens with zero attached hydrogens (tertiary/aromatic N) is 1. The predicted molar refractivity (Wildman–Crippen MR) is 113 cm³/mol. The van der Waals surface area contributed by atoms with E-state index in [0.29, 0.717) is 5.39 Å². The van der Waals surface area contributed by atoms with E-state index in [2.05, 4.69) is 10.3 Å². The highest BCUT2D eigenvalue weighted by Crippen LogP contribution is 2.19. The first-order chi connectivity index (χ1) is 14.3. The Bertz CT molecular complexity index is 1210. The number of fused-ring (bicyclic) bond motifs is 1. The Kier molecular flexibility index (Phi) is 6.15. The number of amides is 1. The summed E-state index contributed by atoms with van der Waals surface area (Å²) in [6, 6.07) is 11.4. The minimum atomic E-state index is -0.589. The molecule has 0 aliphatic carbocycles. The largest absolute Gasteiger partial charge is 0.469 e. The van der Waals surface area contributed by atoms with Gasteiger partial charge < -0.3 is 15.0 Å². The summed E-state index contributed by atoms with van der Waals surface area (Å²) in [5.41, 5.74) is 1.41. The van der Waals surface area contributed by atoms with Gasteiger partial charge in [0, 0.05) is 12.1 Å². The summed E-state index contributed by atoms with van der Waals surface area (Å²) >= 11 is 0. The lowest BCUT2D eigenvalue weighted by atomic mass is 10.0. The van der Waals surface area contributed by atoms with Crippen molar-refractivity contribution in [1.82, 2.24) is 14.9 Å². The number of ether oxygens (including phenoxy) is 1. The van der Waals surface area contributed by atoms with Crippen molar-refractivity contribution in [3.8, 4) is 0 Å². The molecule has 0 saturated carbocycles. The molecule has 3 aromatic rings. The maximum atomic E-state index is 12.9. The molecule has 1 heterocycles. The normalized spacial score (nSPS) is 11.8. The first-order valence-corrected chi connectivity index (χ1v) is 9.55. The third-order valence-electron chi connectivity index (χ3n) is 4.94. The lowest BCUT2D eigenvalue weighted by Crippen LogP contribution is -2.34. The number of carbonyl (C=O) groups is 2. The van der Waals surface area contributed by atoms with E-state index >= 15 is 0 Å². The van der Waals surface area contributed by atoms with Crippen molar-refractivity contribution < 1.29 is 14.3 Å². The monoisotopic (exact) mass is 409 g/mol. The average molecular weight is 409 g/mol. The van der Waals surface area contributed by atoms with Crippen LogP contribution in [0.5, 0.6) is 0 Å². The van der Waals surface area contributed by atoms with Crippen LogP contribution in [0.1, 0.15) is 40.9 Å². The smallest absolute Gasteiger partial charge is 0.328 e. The number of H-pyrrole nitrogens is 1. The topological polar surface area (TPSA) is 110 Å². The van der Waals surface area contributed by atoms with Crippen molar-refractivity contribution in [3.63, 3.8) is 0 Å². The molecule has 8 nitrogen and oxygen atoms in total. The van der Waals surface area contributed by atoms with Crippen molar-refractivity contribution in [2.45, 2.75) is 32.9 Å². The standard InChI is InChI=1S/C22H23N3O5/c1-4-25-21(28)16-10-9-15(11-18(16)24-22(25)29)20(27)23-17(12-19(26)30-3)14-7-5-13(2)6-8-14/h5-11,17H,4,12H2,1-3H3,(H,23,27)(H,24,29). The van der Waals surface area contributed by atoms with Gasteiger partial charge in [0.2, 0.25) is 0 Å². The summed E-state index contributed by atoms with van der Waals surface area (Å²) in [5.74, 6) is -0.893. The number of rotatable bonds is 6. The maximum absolute atomic E-state index is 12.9. The second-order valence-electron chi connectivity index (χ2n) is 6.96. The molecule has 0 spiro atoms. The van der Waals surface area contributed by atoms with E-state index in [1.165, 1.54) is 25.3 Å². The van der Waals surface area contributed by atoms with Crippen molar-refractivity contribution in [1.29, 1.82) is 0 Å². The summed E-state index contributed by atoms with van der Waals surface area (Å²) in [7, 11) is 1.29. The van der Waals surface area contributed by atoms with Gasteiger partial charge in [-0.25, -0.2) is 4.79 Å². The molecule has 0 saturated heterocycles. The van der Waals surface area contributed by atoms with E-state index in [-0.39, 0.29) is 24.0 Å². The second-order valence-corrected chi connectivity index (χ2v) is 6.96. The van der Waals surface area contributed by atoms with Crippen LogP contribution in [0.4, 0.5) is 0 Å². The number of nitrogens with one attached hydrogen (secondary N) is 2. The summed E-state index contributed by atoms with van der Waals surface area (Å²) in [6.45, 7) is 3.90. The number of hydrogen-bond donors (Lipinski definition) is 2. The van der Waals surface area contributed by atoms with Gasteiger partial charge in [0.25, 0.3) is 11.5 Å². The van der Waals surface area contributed by atoms with Crippen molar-refractivity contribution in [2.75, 3.05) is 7.11 Å². The molecule has 0 fully saturated rings. The molecule has 0 bridgehead atoms. The SMILES string of the molecule is CCn1c(=O)[nH]c2cc(C(=O)NC(CC(=O)OC)c3ccc(C)cc3)ccc2c1=O. The second kappa shape index (κ2) is 8.77. The van der Waals surface area contributed by atoms with Gasteiger partial charge in [-0.1, -0.05) is 29.8 Å². The van der Waals surface area contributed by atoms with E-state index < -0.39 is 29.2 Å². The first-order valence-electron chi connectivity index (χ1n) is 9.55. The fourth-order valence-corrected chi connectivity index (χ4v) is 3.23. The number of aryl methyl sites for hydroxylation is 1. The summed E-state index contributed by atoms with van der Waals surface area (Å²) in [6.07, 6.45) is -0.0308. The highest BCUT2D eigenvalue weighted by molar-refractivity contribution is 5.98. The lowest BCUT2D eigenvalue weighted by Gasteiger charge is -2.18. The van der Waals surface area contributed by atoms with Gasteiger partial charge in [0.05, 0.1) is 30.5 Å². The van der Waals surface area contributed by atoms with Gasteiger partial charge in [-0.15, -0.1) is 0 Å². The van der Waals surface area contributed by atoms with Crippen molar-refractivity contribution in [3.05, 3.63) is 80.0 Å². The van der Waals surface area contributed by atoms with E-state index in [1.54, 1.807) is 6.92 Å². The van der Waals surface area contributed by atoms with Gasteiger partial charge in [0.15, 0.2) is 0 Å². The Morgan fingerprint density at radius 2 is 1.83 bits per heavy atom. The molecule has 0 radical (unpaired) electrons. The van der Waals surface area contributed by atoms with Crippen LogP contribution in [0.2, 0.25) is 0 Å². The van der Waals surface area contributed by atoms with Crippen LogP contribution >= 0.6 is 0 Å². The molecule has 1 atom stereocenters. The Labute approximate surface area is 172 Å². The molecule has 3 rings (SSSR count). The zero-order valence-electron chi connectivity index (χ0n) is 17.0. The van der Waals surface area contributed by atoms with E-state index in [1.807, 2.05) is 31.2 Å². The Balaban J connectivity index is 1.94. The van der Waals surface area contributed by atoms with E-state index in [9.17, 15) is 19.2 Å². The summed E-state index contributed by atoms with van der Waals surface area (Å²) in [5, 5.41) is 3.15. The molecule has 2 N–H and O–H groups in total. The zero-order chi connectivity index (χ0) is 21.8. The molecule has 156 valence electrons. The fraction of sp³-hybridized carbons (Fsp3) is 0.273. The fourth-order valence-electron chi connectivity index (χ4n) is 3.23. The van der Waals surface area contributed by atoms with E-state index in [4.69, 9.17) is 4.74 Å². The third-order valence-corrected chi connectivity index (χ3v) is 4.94. The van der Waals surface area contributed by atoms with Crippen molar-refractivity contribution >= 4 is 22.8 Å². The number of methoxy groups -OCH3 is 1. The summed E-state index contributed by atoms with van der Waals surface area (Å²) < 4.78 is 5.84. The lowest BCUT2D eigenvalue weighted by molar-refractivity contribution is -0.141. The Morgan fingerprint density at radius 3 is 2.47 bits per heavy atom. The van der Waals surface area contributed by atoms with Gasteiger partial charge in [-0.05, 0) is 37.6 Å². The van der Waals surface area contributed by atoms with Crippen molar-refractivity contribution in [2.24, 2.45) is 0 Å². The van der Waals surface area contributed by atoms with Gasteiger partial charge >= 0.3 is 11.7 Å². The maximum Gasteiger partial charge on any atom is 0.328 e. The molecule has 2 aromatic carbocycles. The molecular formula is C22H23N3O5.